The molecule has 0 amide bonds. The van der Waals surface area contributed by atoms with Crippen LogP contribution in [-0.4, -0.2) is 11.1 Å². The number of nitro benzene ring substituents is 1. The fourth-order valence-electron chi connectivity index (χ4n) is 2.20. The molecule has 0 saturated heterocycles. The highest BCUT2D eigenvalue weighted by molar-refractivity contribution is 5.99. The number of nitrogens with one attached hydrogen (secondary N) is 1. The average molecular weight is 291 g/mol. The highest BCUT2D eigenvalue weighted by Crippen LogP contribution is 2.18. The van der Waals surface area contributed by atoms with Crippen molar-refractivity contribution < 1.29 is 4.92 Å². The lowest BCUT2D eigenvalue weighted by atomic mass is 10.1. The second-order valence-electron chi connectivity index (χ2n) is 4.74. The van der Waals surface area contributed by atoms with Crippen molar-refractivity contribution in [2.24, 2.45) is 5.10 Å². The topological polar surface area (TPSA) is 67.5 Å². The number of nitro groups is 1. The summed E-state index contributed by atoms with van der Waals surface area (Å²) in [6.07, 6.45) is 1.74. The molecule has 0 unspecified atom stereocenters. The molecule has 0 heterocycles. The molecule has 108 valence electrons. The fraction of sp³-hybridized carbons (Fsp3) is 0. The van der Waals surface area contributed by atoms with Crippen molar-refractivity contribution in [3.8, 4) is 0 Å². The van der Waals surface area contributed by atoms with Crippen LogP contribution in [-0.2, 0) is 0 Å². The number of fused-ring (bicyclic) bond motifs is 1. The average Bonchev–Trinajstić information content (AvgIpc) is 2.55. The van der Waals surface area contributed by atoms with Crippen LogP contribution in [0.5, 0.6) is 0 Å². The molecular weight excluding hydrogens is 278 g/mol. The zero-order valence-corrected chi connectivity index (χ0v) is 11.6. The maximum Gasteiger partial charge on any atom is 0.269 e. The van der Waals surface area contributed by atoms with Crippen molar-refractivity contribution >= 4 is 28.4 Å². The molecule has 5 heteroatoms. The van der Waals surface area contributed by atoms with Crippen molar-refractivity contribution in [1.82, 2.24) is 0 Å². The van der Waals surface area contributed by atoms with E-state index in [2.05, 4.69) is 22.7 Å². The minimum absolute atomic E-state index is 0.0589. The van der Waals surface area contributed by atoms with Crippen LogP contribution in [0.25, 0.3) is 10.8 Å². The smallest absolute Gasteiger partial charge is 0.269 e. The van der Waals surface area contributed by atoms with E-state index < -0.39 is 4.92 Å². The van der Waals surface area contributed by atoms with Gasteiger partial charge in [0.05, 0.1) is 16.8 Å². The summed E-state index contributed by atoms with van der Waals surface area (Å²) < 4.78 is 0. The quantitative estimate of drug-likeness (QED) is 0.445. The molecular formula is C17H13N3O2. The van der Waals surface area contributed by atoms with E-state index in [1.807, 2.05) is 30.3 Å². The third-order valence-electron chi connectivity index (χ3n) is 3.30. The summed E-state index contributed by atoms with van der Waals surface area (Å²) in [6, 6.07) is 20.2. The molecule has 22 heavy (non-hydrogen) atoms. The van der Waals surface area contributed by atoms with Gasteiger partial charge in [-0.15, -0.1) is 0 Å². The molecule has 0 radical (unpaired) electrons. The Balaban J connectivity index is 1.77. The molecule has 0 aliphatic carbocycles. The van der Waals surface area contributed by atoms with E-state index in [-0.39, 0.29) is 5.69 Å². The third kappa shape index (κ3) is 2.93. The van der Waals surface area contributed by atoms with Crippen LogP contribution in [0.4, 0.5) is 11.4 Å². The largest absolute Gasteiger partial charge is 0.278 e. The molecule has 3 aromatic carbocycles. The fourth-order valence-corrected chi connectivity index (χ4v) is 2.20. The lowest BCUT2D eigenvalue weighted by Crippen LogP contribution is -1.92. The Hall–Kier alpha value is -3.21. The summed E-state index contributed by atoms with van der Waals surface area (Å²) in [7, 11) is 0. The predicted molar refractivity (Wildman–Crippen MR) is 88.3 cm³/mol. The molecule has 0 aromatic heterocycles. The van der Waals surface area contributed by atoms with E-state index in [1.54, 1.807) is 18.3 Å². The van der Waals surface area contributed by atoms with Crippen LogP contribution in [0.15, 0.2) is 71.8 Å². The maximum atomic E-state index is 10.6. The van der Waals surface area contributed by atoms with Crippen molar-refractivity contribution in [1.29, 1.82) is 0 Å². The molecule has 3 rings (SSSR count). The summed E-state index contributed by atoms with van der Waals surface area (Å²) in [4.78, 5) is 10.2. The maximum absolute atomic E-state index is 10.6. The number of nitrogens with zero attached hydrogens (tertiary/aromatic N) is 2. The van der Waals surface area contributed by atoms with Crippen LogP contribution in [0.3, 0.4) is 0 Å². The zero-order chi connectivity index (χ0) is 15.4. The minimum Gasteiger partial charge on any atom is -0.278 e. The molecule has 0 aliphatic heterocycles. The molecule has 5 nitrogen and oxygen atoms in total. The van der Waals surface area contributed by atoms with E-state index in [0.717, 1.165) is 16.3 Å². The molecule has 1 N–H and O–H groups in total. The van der Waals surface area contributed by atoms with Gasteiger partial charge < -0.3 is 0 Å². The second-order valence-corrected chi connectivity index (χ2v) is 4.74. The summed E-state index contributed by atoms with van der Waals surface area (Å²) in [5.41, 5.74) is 4.63. The van der Waals surface area contributed by atoms with E-state index in [1.165, 1.54) is 12.1 Å². The summed E-state index contributed by atoms with van der Waals surface area (Å²) in [6.45, 7) is 0. The van der Waals surface area contributed by atoms with Gasteiger partial charge in [-0.1, -0.05) is 42.5 Å². The Labute approximate surface area is 127 Å². The van der Waals surface area contributed by atoms with Gasteiger partial charge in [0.15, 0.2) is 0 Å². The predicted octanol–water partition coefficient (Wildman–Crippen LogP) is 4.19. The lowest BCUT2D eigenvalue weighted by Gasteiger charge is -2.02. The van der Waals surface area contributed by atoms with Gasteiger partial charge >= 0.3 is 0 Å². The highest BCUT2D eigenvalue weighted by Gasteiger charge is 2.03. The number of anilines is 1. The van der Waals surface area contributed by atoms with Crippen LogP contribution < -0.4 is 5.43 Å². The molecule has 0 bridgehead atoms. The third-order valence-corrected chi connectivity index (χ3v) is 3.30. The van der Waals surface area contributed by atoms with Crippen LogP contribution >= 0.6 is 0 Å². The molecule has 0 aliphatic rings. The van der Waals surface area contributed by atoms with Gasteiger partial charge in [-0.3, -0.25) is 15.5 Å². The Morgan fingerprint density at radius 3 is 2.45 bits per heavy atom. The van der Waals surface area contributed by atoms with Gasteiger partial charge in [0.25, 0.3) is 5.69 Å². The van der Waals surface area contributed by atoms with E-state index >= 15 is 0 Å². The van der Waals surface area contributed by atoms with Crippen LogP contribution in [0, 0.1) is 10.1 Å². The van der Waals surface area contributed by atoms with Gasteiger partial charge in [-0.05, 0) is 22.9 Å². The van der Waals surface area contributed by atoms with Gasteiger partial charge in [0, 0.05) is 17.7 Å². The summed E-state index contributed by atoms with van der Waals surface area (Å²) >= 11 is 0. The number of hydrazone groups is 1. The van der Waals surface area contributed by atoms with Gasteiger partial charge in [0.2, 0.25) is 0 Å². The number of benzene rings is 3. The summed E-state index contributed by atoms with van der Waals surface area (Å²) in [5.74, 6) is 0. The van der Waals surface area contributed by atoms with Crippen LogP contribution in [0.2, 0.25) is 0 Å². The van der Waals surface area contributed by atoms with E-state index in [9.17, 15) is 10.1 Å². The number of hydrogen-bond acceptors (Lipinski definition) is 4. The first-order chi connectivity index (χ1) is 10.7. The van der Waals surface area contributed by atoms with Gasteiger partial charge in [-0.2, -0.15) is 5.10 Å². The molecule has 0 saturated carbocycles. The monoisotopic (exact) mass is 291 g/mol. The Morgan fingerprint density at radius 2 is 1.68 bits per heavy atom. The number of hydrogen-bond donors (Lipinski definition) is 1. The molecule has 0 atom stereocenters. The number of rotatable bonds is 4. The first-order valence-corrected chi connectivity index (χ1v) is 6.75. The number of non-ortho nitro benzene ring substituents is 1. The zero-order valence-electron chi connectivity index (χ0n) is 11.6. The molecule has 0 fully saturated rings. The van der Waals surface area contributed by atoms with Crippen molar-refractivity contribution in [2.45, 2.75) is 0 Å². The normalized spacial score (nSPS) is 10.9. The van der Waals surface area contributed by atoms with Crippen LogP contribution in [0.1, 0.15) is 5.56 Å². The van der Waals surface area contributed by atoms with E-state index in [0.29, 0.717) is 5.69 Å². The van der Waals surface area contributed by atoms with Crippen molar-refractivity contribution in [2.75, 3.05) is 5.43 Å². The Bertz CT molecular complexity index is 837. The lowest BCUT2D eigenvalue weighted by molar-refractivity contribution is -0.384. The standard InChI is InChI=1S/C17H13N3O2/c21-20(22)16-10-8-15(9-11-16)19-18-12-14-6-3-5-13-4-1-2-7-17(13)14/h1-12,19H/b18-12-. The SMILES string of the molecule is O=[N+]([O-])c1ccc(N/N=C\c2cccc3ccccc23)cc1. The molecule has 0 spiro atoms. The second kappa shape index (κ2) is 6.05. The Kier molecular flexibility index (Phi) is 3.78. The highest BCUT2D eigenvalue weighted by atomic mass is 16.6. The van der Waals surface area contributed by atoms with Gasteiger partial charge in [-0.25, -0.2) is 0 Å². The van der Waals surface area contributed by atoms with Crippen molar-refractivity contribution in [3.63, 3.8) is 0 Å². The first kappa shape index (κ1) is 13.8. The van der Waals surface area contributed by atoms with E-state index in [4.69, 9.17) is 0 Å². The minimum atomic E-state index is -0.427. The Morgan fingerprint density at radius 1 is 0.955 bits per heavy atom. The first-order valence-electron chi connectivity index (χ1n) is 6.75. The van der Waals surface area contributed by atoms with Crippen molar-refractivity contribution in [3.05, 3.63) is 82.4 Å². The summed E-state index contributed by atoms with van der Waals surface area (Å²) in [5, 5.41) is 17.1. The molecule has 3 aromatic rings. The van der Waals surface area contributed by atoms with Gasteiger partial charge in [0.1, 0.15) is 0 Å².